The second kappa shape index (κ2) is 7.93. The Morgan fingerprint density at radius 1 is 1.09 bits per heavy atom. The fourth-order valence-corrected chi connectivity index (χ4v) is 5.31. The van der Waals surface area contributed by atoms with Crippen LogP contribution in [0.5, 0.6) is 5.88 Å². The van der Waals surface area contributed by atoms with Crippen LogP contribution in [0.1, 0.15) is 36.8 Å². The van der Waals surface area contributed by atoms with Crippen LogP contribution in [0, 0.1) is 5.41 Å². The Hall–Kier alpha value is -3.42. The molecule has 0 unspecified atom stereocenters. The van der Waals surface area contributed by atoms with Gasteiger partial charge in [0.1, 0.15) is 12.6 Å². The summed E-state index contributed by atoms with van der Waals surface area (Å²) in [5.74, 6) is -0.0676. The Kier molecular flexibility index (Phi) is 5.07. The first-order chi connectivity index (χ1) is 15.4. The Morgan fingerprint density at radius 2 is 1.84 bits per heavy atom. The summed E-state index contributed by atoms with van der Waals surface area (Å²) in [6.07, 6.45) is 5.12. The van der Waals surface area contributed by atoms with E-state index in [0.717, 1.165) is 31.2 Å². The van der Waals surface area contributed by atoms with Gasteiger partial charge in [-0.25, -0.2) is 9.78 Å². The average Bonchev–Trinajstić information content (AvgIpc) is 2.97. The highest BCUT2D eigenvalue weighted by atomic mass is 16.5. The van der Waals surface area contributed by atoms with Gasteiger partial charge in [0.05, 0.1) is 6.42 Å². The molecule has 2 aromatic rings. The molecule has 1 saturated heterocycles. The predicted octanol–water partition coefficient (Wildman–Crippen LogP) is 2.26. The number of carbonyl (C=O) groups is 3. The lowest BCUT2D eigenvalue weighted by Crippen LogP contribution is -2.60. The van der Waals surface area contributed by atoms with Crippen LogP contribution in [-0.2, 0) is 22.6 Å². The van der Waals surface area contributed by atoms with Gasteiger partial charge in [0.15, 0.2) is 0 Å². The molecule has 1 aliphatic heterocycles. The molecule has 0 radical (unpaired) electrons. The molecule has 2 aliphatic carbocycles. The van der Waals surface area contributed by atoms with E-state index in [0.29, 0.717) is 18.0 Å². The number of pyridine rings is 1. The third-order valence-corrected chi connectivity index (χ3v) is 6.80. The van der Waals surface area contributed by atoms with E-state index in [1.807, 2.05) is 30.3 Å². The standard InChI is InChI=1S/C24H26N4O4/c25-20(29)9-17-7-4-8-26-22(17)32-19-12-24(13-19)10-18(11-24)28-21(30)15-27(23(28)31)14-16-5-2-1-3-6-16/h1-8,18-19H,9-15H2,(H2,25,29). The van der Waals surface area contributed by atoms with Gasteiger partial charge in [-0.05, 0) is 42.7 Å². The maximum Gasteiger partial charge on any atom is 0.327 e. The fourth-order valence-electron chi connectivity index (χ4n) is 5.31. The Balaban J connectivity index is 1.14. The van der Waals surface area contributed by atoms with Crippen molar-refractivity contribution in [2.24, 2.45) is 11.1 Å². The third kappa shape index (κ3) is 3.81. The van der Waals surface area contributed by atoms with E-state index in [1.165, 1.54) is 4.90 Å². The van der Waals surface area contributed by atoms with Gasteiger partial charge >= 0.3 is 6.03 Å². The Morgan fingerprint density at radius 3 is 2.56 bits per heavy atom. The summed E-state index contributed by atoms with van der Waals surface area (Å²) in [7, 11) is 0. The molecule has 1 aromatic carbocycles. The number of benzene rings is 1. The van der Waals surface area contributed by atoms with Gasteiger partial charge in [0.25, 0.3) is 5.91 Å². The number of hydrogen-bond acceptors (Lipinski definition) is 5. The maximum absolute atomic E-state index is 12.9. The van der Waals surface area contributed by atoms with Gasteiger partial charge in [0.2, 0.25) is 11.8 Å². The number of ether oxygens (including phenoxy) is 1. The molecule has 1 spiro atoms. The van der Waals surface area contributed by atoms with Crippen LogP contribution in [0.25, 0.3) is 0 Å². The summed E-state index contributed by atoms with van der Waals surface area (Å²) in [5, 5.41) is 0. The number of amides is 4. The molecule has 4 amide bonds. The van der Waals surface area contributed by atoms with Crippen molar-refractivity contribution in [2.45, 2.75) is 50.8 Å². The molecule has 2 heterocycles. The molecular weight excluding hydrogens is 408 g/mol. The smallest absolute Gasteiger partial charge is 0.327 e. The van der Waals surface area contributed by atoms with Gasteiger partial charge in [-0.2, -0.15) is 0 Å². The zero-order chi connectivity index (χ0) is 22.3. The lowest BCUT2D eigenvalue weighted by molar-refractivity contribution is -0.139. The molecule has 8 nitrogen and oxygen atoms in total. The largest absolute Gasteiger partial charge is 0.474 e. The topological polar surface area (TPSA) is 106 Å². The van der Waals surface area contributed by atoms with Crippen molar-refractivity contribution < 1.29 is 19.1 Å². The molecule has 8 heteroatoms. The normalized spacial score (nSPS) is 26.8. The van der Waals surface area contributed by atoms with E-state index in [4.69, 9.17) is 10.5 Å². The molecule has 2 saturated carbocycles. The first-order valence-corrected chi connectivity index (χ1v) is 11.0. The second-order valence-electron chi connectivity index (χ2n) is 9.21. The summed E-state index contributed by atoms with van der Waals surface area (Å²) in [4.78, 5) is 44.0. The summed E-state index contributed by atoms with van der Waals surface area (Å²) >= 11 is 0. The highest BCUT2D eigenvalue weighted by Gasteiger charge is 2.58. The minimum absolute atomic E-state index is 0.0250. The Bertz CT molecular complexity index is 1040. The molecule has 0 bridgehead atoms. The van der Waals surface area contributed by atoms with Crippen molar-refractivity contribution >= 4 is 17.8 Å². The van der Waals surface area contributed by atoms with Crippen molar-refractivity contribution in [3.63, 3.8) is 0 Å². The summed E-state index contributed by atoms with van der Waals surface area (Å²) < 4.78 is 6.03. The molecule has 3 aliphatic rings. The molecule has 3 fully saturated rings. The quantitative estimate of drug-likeness (QED) is 0.673. The molecule has 5 rings (SSSR count). The van der Waals surface area contributed by atoms with Gasteiger partial charge in [-0.15, -0.1) is 0 Å². The lowest BCUT2D eigenvalue weighted by Gasteiger charge is -2.58. The fraction of sp³-hybridized carbons (Fsp3) is 0.417. The monoisotopic (exact) mass is 434 g/mol. The van der Waals surface area contributed by atoms with Crippen molar-refractivity contribution in [2.75, 3.05) is 6.54 Å². The lowest BCUT2D eigenvalue weighted by atomic mass is 9.52. The first-order valence-electron chi connectivity index (χ1n) is 11.0. The highest BCUT2D eigenvalue weighted by molar-refractivity contribution is 6.02. The zero-order valence-electron chi connectivity index (χ0n) is 17.8. The van der Waals surface area contributed by atoms with Crippen LogP contribution in [0.3, 0.4) is 0 Å². The average molecular weight is 434 g/mol. The van der Waals surface area contributed by atoms with Gasteiger partial charge < -0.3 is 15.4 Å². The first kappa shape index (κ1) is 20.5. The summed E-state index contributed by atoms with van der Waals surface area (Å²) in [5.41, 5.74) is 7.15. The van der Waals surface area contributed by atoms with Crippen LogP contribution in [-0.4, -0.2) is 51.3 Å². The summed E-state index contributed by atoms with van der Waals surface area (Å²) in [6.45, 7) is 0.596. The number of rotatable bonds is 7. The molecule has 0 atom stereocenters. The van der Waals surface area contributed by atoms with Crippen LogP contribution in [0.4, 0.5) is 4.79 Å². The molecular formula is C24H26N4O4. The van der Waals surface area contributed by atoms with E-state index in [1.54, 1.807) is 23.2 Å². The van der Waals surface area contributed by atoms with Gasteiger partial charge in [-0.1, -0.05) is 36.4 Å². The molecule has 32 heavy (non-hydrogen) atoms. The minimum Gasteiger partial charge on any atom is -0.474 e. The van der Waals surface area contributed by atoms with Crippen molar-refractivity contribution in [1.82, 2.24) is 14.8 Å². The van der Waals surface area contributed by atoms with E-state index in [-0.39, 0.29) is 42.5 Å². The molecule has 166 valence electrons. The number of nitrogens with two attached hydrogens (primary N) is 1. The summed E-state index contributed by atoms with van der Waals surface area (Å²) in [6, 6.07) is 13.1. The highest BCUT2D eigenvalue weighted by Crippen LogP contribution is 2.58. The van der Waals surface area contributed by atoms with Crippen molar-refractivity contribution in [3.8, 4) is 5.88 Å². The SMILES string of the molecule is NC(=O)Cc1cccnc1OC1CC2(C1)CC(N1C(=O)CN(Cc3ccccc3)C1=O)C2. The number of aromatic nitrogens is 1. The Labute approximate surface area is 186 Å². The second-order valence-corrected chi connectivity index (χ2v) is 9.21. The molecule has 1 aromatic heterocycles. The number of urea groups is 1. The van der Waals surface area contributed by atoms with Crippen LogP contribution < -0.4 is 10.5 Å². The van der Waals surface area contributed by atoms with Crippen LogP contribution >= 0.6 is 0 Å². The van der Waals surface area contributed by atoms with Crippen LogP contribution in [0.15, 0.2) is 48.7 Å². The number of imide groups is 1. The number of nitrogens with zero attached hydrogens (tertiary/aromatic N) is 3. The van der Waals surface area contributed by atoms with E-state index >= 15 is 0 Å². The number of hydrogen-bond donors (Lipinski definition) is 1. The van der Waals surface area contributed by atoms with Crippen LogP contribution in [0.2, 0.25) is 0 Å². The van der Waals surface area contributed by atoms with Crippen molar-refractivity contribution in [3.05, 3.63) is 59.8 Å². The van der Waals surface area contributed by atoms with Gasteiger partial charge in [0, 0.05) is 24.3 Å². The minimum atomic E-state index is -0.420. The van der Waals surface area contributed by atoms with Gasteiger partial charge in [-0.3, -0.25) is 14.5 Å². The maximum atomic E-state index is 12.9. The number of carbonyl (C=O) groups excluding carboxylic acids is 3. The van der Waals surface area contributed by atoms with Crippen molar-refractivity contribution in [1.29, 1.82) is 0 Å². The molecule has 2 N–H and O–H groups in total. The zero-order valence-corrected chi connectivity index (χ0v) is 17.8. The third-order valence-electron chi connectivity index (χ3n) is 6.80. The predicted molar refractivity (Wildman–Crippen MR) is 115 cm³/mol. The van der Waals surface area contributed by atoms with E-state index in [2.05, 4.69) is 4.98 Å². The van der Waals surface area contributed by atoms with E-state index in [9.17, 15) is 14.4 Å². The number of primary amides is 1. The van der Waals surface area contributed by atoms with E-state index < -0.39 is 5.91 Å².